The lowest BCUT2D eigenvalue weighted by atomic mass is 10.1. The molecule has 1 rings (SSSR count). The Balaban J connectivity index is 0.00000361. The number of halogens is 1. The van der Waals surface area contributed by atoms with Gasteiger partial charge in [0.1, 0.15) is 5.75 Å². The van der Waals surface area contributed by atoms with Gasteiger partial charge in [0, 0.05) is 12.1 Å². The van der Waals surface area contributed by atoms with Gasteiger partial charge in [-0.15, -0.1) is 12.4 Å². The lowest BCUT2D eigenvalue weighted by Gasteiger charge is -2.23. The standard InChI is InChI=1S/C13H21N3O3.ClH/c1-13(2,3)15-7-11(18)8-4-5-10(17)9(6-8)16-12(14)19;/h4-6,11,15,17-18H,7H2,1-3H3,(H3,14,16,19);1H/t11-;/m0./s1. The number of phenols is 1. The van der Waals surface area contributed by atoms with Crippen LogP contribution in [0.3, 0.4) is 0 Å². The van der Waals surface area contributed by atoms with Crippen molar-refractivity contribution < 1.29 is 15.0 Å². The second kappa shape index (κ2) is 7.33. The van der Waals surface area contributed by atoms with E-state index in [0.29, 0.717) is 12.1 Å². The topological polar surface area (TPSA) is 108 Å². The minimum Gasteiger partial charge on any atom is -0.506 e. The molecule has 1 aromatic carbocycles. The van der Waals surface area contributed by atoms with Crippen LogP contribution in [0, 0.1) is 0 Å². The number of hydrogen-bond acceptors (Lipinski definition) is 4. The first kappa shape index (κ1) is 18.5. The van der Waals surface area contributed by atoms with Gasteiger partial charge in [0.25, 0.3) is 0 Å². The number of benzene rings is 1. The van der Waals surface area contributed by atoms with E-state index < -0.39 is 12.1 Å². The third-order valence-electron chi connectivity index (χ3n) is 2.49. The van der Waals surface area contributed by atoms with Crippen LogP contribution in [-0.4, -0.2) is 28.3 Å². The van der Waals surface area contributed by atoms with Gasteiger partial charge in [0.05, 0.1) is 11.8 Å². The molecule has 0 fully saturated rings. The third-order valence-corrected chi connectivity index (χ3v) is 2.49. The maximum atomic E-state index is 10.8. The van der Waals surface area contributed by atoms with Crippen molar-refractivity contribution in [2.75, 3.05) is 11.9 Å². The Bertz CT molecular complexity index is 461. The Morgan fingerprint density at radius 2 is 2.00 bits per heavy atom. The Kier molecular flexibility index (Phi) is 6.78. The molecule has 0 aliphatic heterocycles. The number of nitrogens with one attached hydrogen (secondary N) is 2. The van der Waals surface area contributed by atoms with E-state index in [1.165, 1.54) is 12.1 Å². The van der Waals surface area contributed by atoms with Crippen molar-refractivity contribution in [2.45, 2.75) is 32.4 Å². The molecule has 1 atom stereocenters. The number of aliphatic hydroxyl groups is 1. The highest BCUT2D eigenvalue weighted by Crippen LogP contribution is 2.27. The fourth-order valence-electron chi connectivity index (χ4n) is 1.51. The van der Waals surface area contributed by atoms with Crippen LogP contribution in [0.15, 0.2) is 18.2 Å². The van der Waals surface area contributed by atoms with Gasteiger partial charge in [-0.25, -0.2) is 4.79 Å². The van der Waals surface area contributed by atoms with Crippen LogP contribution in [-0.2, 0) is 0 Å². The SMILES string of the molecule is CC(C)(C)NC[C@H](O)c1ccc(O)c(NC(N)=O)c1.Cl. The number of aromatic hydroxyl groups is 1. The molecular formula is C13H22ClN3O3. The van der Waals surface area contributed by atoms with E-state index in [1.54, 1.807) is 6.07 Å². The fraction of sp³-hybridized carbons (Fsp3) is 0.462. The maximum absolute atomic E-state index is 10.8. The lowest BCUT2D eigenvalue weighted by Crippen LogP contribution is -2.38. The summed E-state index contributed by atoms with van der Waals surface area (Å²) in [7, 11) is 0. The quantitative estimate of drug-likeness (QED) is 0.546. The number of nitrogens with two attached hydrogens (primary N) is 1. The Morgan fingerprint density at radius 3 is 2.50 bits per heavy atom. The predicted octanol–water partition coefficient (Wildman–Crippen LogP) is 1.73. The first-order valence-electron chi connectivity index (χ1n) is 6.01. The third kappa shape index (κ3) is 6.10. The van der Waals surface area contributed by atoms with Crippen molar-refractivity contribution in [3.63, 3.8) is 0 Å². The summed E-state index contributed by atoms with van der Waals surface area (Å²) in [5, 5.41) is 25.1. The molecule has 114 valence electrons. The molecule has 7 heteroatoms. The number of aliphatic hydroxyl groups excluding tert-OH is 1. The second-order valence-electron chi connectivity index (χ2n) is 5.41. The highest BCUT2D eigenvalue weighted by molar-refractivity contribution is 5.89. The highest BCUT2D eigenvalue weighted by Gasteiger charge is 2.15. The number of phenolic OH excluding ortho intramolecular Hbond substituents is 1. The number of β-amino-alcohol motifs (C(OH)–C–C–N with tert-alkyl or cyclic N) is 1. The van der Waals surface area contributed by atoms with Crippen molar-refractivity contribution in [2.24, 2.45) is 5.73 Å². The van der Waals surface area contributed by atoms with E-state index in [4.69, 9.17) is 5.73 Å². The van der Waals surface area contributed by atoms with Crippen LogP contribution < -0.4 is 16.4 Å². The van der Waals surface area contributed by atoms with E-state index in [-0.39, 0.29) is 29.4 Å². The summed E-state index contributed by atoms with van der Waals surface area (Å²) in [4.78, 5) is 10.8. The smallest absolute Gasteiger partial charge is 0.316 e. The van der Waals surface area contributed by atoms with E-state index in [0.717, 1.165) is 0 Å². The molecule has 0 aliphatic rings. The summed E-state index contributed by atoms with van der Waals surface area (Å²) in [6, 6.07) is 3.72. The number of urea groups is 1. The molecule has 0 radical (unpaired) electrons. The Hall–Kier alpha value is -1.50. The number of rotatable bonds is 4. The van der Waals surface area contributed by atoms with Crippen LogP contribution in [0.5, 0.6) is 5.75 Å². The number of primary amides is 1. The highest BCUT2D eigenvalue weighted by atomic mass is 35.5. The van der Waals surface area contributed by atoms with Crippen molar-refractivity contribution in [1.82, 2.24) is 5.32 Å². The number of anilines is 1. The number of carbonyl (C=O) groups is 1. The molecule has 0 unspecified atom stereocenters. The van der Waals surface area contributed by atoms with E-state index >= 15 is 0 Å². The zero-order valence-electron chi connectivity index (χ0n) is 11.8. The molecule has 0 saturated carbocycles. The number of hydrogen-bond donors (Lipinski definition) is 5. The number of amides is 2. The van der Waals surface area contributed by atoms with Crippen molar-refractivity contribution in [3.8, 4) is 5.75 Å². The summed E-state index contributed by atoms with van der Waals surface area (Å²) >= 11 is 0. The van der Waals surface area contributed by atoms with Crippen molar-refractivity contribution in [3.05, 3.63) is 23.8 Å². The van der Waals surface area contributed by atoms with Gasteiger partial charge in [0.15, 0.2) is 0 Å². The van der Waals surface area contributed by atoms with Crippen LogP contribution in [0.4, 0.5) is 10.5 Å². The van der Waals surface area contributed by atoms with Crippen LogP contribution >= 0.6 is 12.4 Å². The van der Waals surface area contributed by atoms with Gasteiger partial charge < -0.3 is 26.6 Å². The van der Waals surface area contributed by atoms with Gasteiger partial charge in [-0.2, -0.15) is 0 Å². The van der Waals surface area contributed by atoms with Crippen LogP contribution in [0.1, 0.15) is 32.4 Å². The zero-order chi connectivity index (χ0) is 14.6. The first-order valence-corrected chi connectivity index (χ1v) is 6.01. The molecule has 6 nitrogen and oxygen atoms in total. The lowest BCUT2D eigenvalue weighted by molar-refractivity contribution is 0.163. The van der Waals surface area contributed by atoms with Gasteiger partial charge in [-0.05, 0) is 38.5 Å². The molecule has 6 N–H and O–H groups in total. The van der Waals surface area contributed by atoms with Gasteiger partial charge in [-0.3, -0.25) is 0 Å². The Labute approximate surface area is 124 Å². The van der Waals surface area contributed by atoms with Gasteiger partial charge in [-0.1, -0.05) is 6.07 Å². The molecule has 0 aromatic heterocycles. The average molecular weight is 304 g/mol. The maximum Gasteiger partial charge on any atom is 0.316 e. The van der Waals surface area contributed by atoms with E-state index in [2.05, 4.69) is 10.6 Å². The predicted molar refractivity (Wildman–Crippen MR) is 81.3 cm³/mol. The first-order chi connectivity index (χ1) is 8.69. The second-order valence-corrected chi connectivity index (χ2v) is 5.41. The van der Waals surface area contributed by atoms with E-state index in [1.807, 2.05) is 20.8 Å². The fourth-order valence-corrected chi connectivity index (χ4v) is 1.51. The van der Waals surface area contributed by atoms with Gasteiger partial charge >= 0.3 is 6.03 Å². The summed E-state index contributed by atoms with van der Waals surface area (Å²) in [6.45, 7) is 6.36. The number of carbonyl (C=O) groups excluding carboxylic acids is 1. The summed E-state index contributed by atoms with van der Waals surface area (Å²) in [5.41, 5.74) is 5.66. The van der Waals surface area contributed by atoms with Gasteiger partial charge in [0.2, 0.25) is 0 Å². The minimum absolute atomic E-state index is 0. The molecule has 0 bridgehead atoms. The summed E-state index contributed by atoms with van der Waals surface area (Å²) in [5.74, 6) is -0.0986. The minimum atomic E-state index is -0.769. The molecule has 1 aromatic rings. The average Bonchev–Trinajstić information content (AvgIpc) is 2.27. The monoisotopic (exact) mass is 303 g/mol. The zero-order valence-corrected chi connectivity index (χ0v) is 12.6. The molecule has 0 heterocycles. The molecular weight excluding hydrogens is 282 g/mol. The molecule has 0 aliphatic carbocycles. The molecule has 0 spiro atoms. The summed E-state index contributed by atoms with van der Waals surface area (Å²) in [6.07, 6.45) is -0.742. The van der Waals surface area contributed by atoms with Crippen LogP contribution in [0.25, 0.3) is 0 Å². The normalized spacial score (nSPS) is 12.4. The Morgan fingerprint density at radius 1 is 1.40 bits per heavy atom. The molecule has 2 amide bonds. The molecule has 0 saturated heterocycles. The largest absolute Gasteiger partial charge is 0.506 e. The van der Waals surface area contributed by atoms with Crippen LogP contribution in [0.2, 0.25) is 0 Å². The summed E-state index contributed by atoms with van der Waals surface area (Å²) < 4.78 is 0. The van der Waals surface area contributed by atoms with Crippen molar-refractivity contribution in [1.29, 1.82) is 0 Å². The van der Waals surface area contributed by atoms with E-state index in [9.17, 15) is 15.0 Å². The van der Waals surface area contributed by atoms with Crippen molar-refractivity contribution >= 4 is 24.1 Å². The molecule has 20 heavy (non-hydrogen) atoms.